The molecule has 0 radical (unpaired) electrons. The lowest BCUT2D eigenvalue weighted by atomic mass is 9.84. The number of hydrogen-bond donors (Lipinski definition) is 2. The Bertz CT molecular complexity index is 326. The van der Waals surface area contributed by atoms with E-state index in [-0.39, 0.29) is 12.5 Å². The third-order valence-corrected chi connectivity index (χ3v) is 4.09. The minimum atomic E-state index is -1.07. The number of likely N-dealkylation sites (tertiary alicyclic amines) is 1. The number of amides is 1. The van der Waals surface area contributed by atoms with Crippen molar-refractivity contribution >= 4 is 11.9 Å². The molecule has 1 heterocycles. The number of carbonyl (C=O) groups excluding carboxylic acids is 1. The third kappa shape index (κ3) is 2.16. The quantitative estimate of drug-likeness (QED) is 0.764. The molecule has 5 heteroatoms. The summed E-state index contributed by atoms with van der Waals surface area (Å²) in [5, 5.41) is 9.28. The van der Waals surface area contributed by atoms with Crippen LogP contribution in [0, 0.1) is 5.41 Å². The van der Waals surface area contributed by atoms with Gasteiger partial charge in [-0.05, 0) is 33.1 Å². The van der Waals surface area contributed by atoms with Gasteiger partial charge in [0.05, 0.1) is 5.41 Å². The van der Waals surface area contributed by atoms with Crippen molar-refractivity contribution in [3.05, 3.63) is 0 Å². The molecule has 1 rings (SSSR count). The highest BCUT2D eigenvalue weighted by Gasteiger charge is 2.49. The van der Waals surface area contributed by atoms with Crippen LogP contribution in [0.3, 0.4) is 0 Å². The van der Waals surface area contributed by atoms with E-state index in [1.54, 1.807) is 13.8 Å². The maximum atomic E-state index is 12.4. The fourth-order valence-electron chi connectivity index (χ4n) is 2.22. The predicted octanol–water partition coefficient (Wildman–Crippen LogP) is 0.827. The lowest BCUT2D eigenvalue weighted by molar-refractivity contribution is -0.159. The van der Waals surface area contributed by atoms with Gasteiger partial charge in [0.25, 0.3) is 0 Å². The number of carboxylic acids is 1. The zero-order valence-corrected chi connectivity index (χ0v) is 10.8. The fraction of sp³-hybridized carbons (Fsp3) is 0.833. The van der Waals surface area contributed by atoms with Crippen molar-refractivity contribution in [3.8, 4) is 0 Å². The molecule has 1 amide bonds. The van der Waals surface area contributed by atoms with Crippen molar-refractivity contribution in [1.29, 1.82) is 0 Å². The number of nitrogens with two attached hydrogens (primary N) is 1. The van der Waals surface area contributed by atoms with Crippen LogP contribution in [0.1, 0.15) is 40.0 Å². The van der Waals surface area contributed by atoms with E-state index < -0.39 is 16.9 Å². The summed E-state index contributed by atoms with van der Waals surface area (Å²) in [5.74, 6) is -1.07. The average Bonchev–Trinajstić information content (AvgIpc) is 2.70. The largest absolute Gasteiger partial charge is 0.480 e. The Hall–Kier alpha value is -1.10. The second-order valence-corrected chi connectivity index (χ2v) is 5.26. The molecule has 1 saturated heterocycles. The maximum Gasteiger partial charge on any atom is 0.329 e. The number of nitrogens with zero attached hydrogens (tertiary/aromatic N) is 1. The Morgan fingerprint density at radius 3 is 2.53 bits per heavy atom. The first-order chi connectivity index (χ1) is 7.81. The van der Waals surface area contributed by atoms with Crippen LogP contribution in [-0.2, 0) is 9.59 Å². The second kappa shape index (κ2) is 4.64. The van der Waals surface area contributed by atoms with Crippen LogP contribution in [0.5, 0.6) is 0 Å². The zero-order valence-electron chi connectivity index (χ0n) is 10.8. The van der Waals surface area contributed by atoms with Crippen LogP contribution in [0.4, 0.5) is 0 Å². The summed E-state index contributed by atoms with van der Waals surface area (Å²) < 4.78 is 0. The molecule has 2 unspecified atom stereocenters. The van der Waals surface area contributed by atoms with Gasteiger partial charge >= 0.3 is 5.97 Å². The molecule has 0 spiro atoms. The maximum absolute atomic E-state index is 12.4. The monoisotopic (exact) mass is 242 g/mol. The molecule has 17 heavy (non-hydrogen) atoms. The summed E-state index contributed by atoms with van der Waals surface area (Å²) in [6.45, 7) is 6.08. The summed E-state index contributed by atoms with van der Waals surface area (Å²) in [7, 11) is 0. The van der Waals surface area contributed by atoms with E-state index in [4.69, 9.17) is 5.73 Å². The third-order valence-electron chi connectivity index (χ3n) is 4.09. The first-order valence-electron chi connectivity index (χ1n) is 6.07. The summed E-state index contributed by atoms with van der Waals surface area (Å²) in [5.41, 5.74) is 3.94. The molecule has 0 saturated carbocycles. The Labute approximate surface area is 102 Å². The Balaban J connectivity index is 3.00. The molecular formula is C12H22N2O3. The summed E-state index contributed by atoms with van der Waals surface area (Å²) in [6, 6.07) is 0. The summed E-state index contributed by atoms with van der Waals surface area (Å²) >= 11 is 0. The van der Waals surface area contributed by atoms with Crippen molar-refractivity contribution < 1.29 is 14.7 Å². The number of carboxylic acid groups (broad SMARTS) is 1. The van der Waals surface area contributed by atoms with Gasteiger partial charge in [-0.25, -0.2) is 4.79 Å². The molecular weight excluding hydrogens is 220 g/mol. The molecule has 1 fully saturated rings. The normalized spacial score (nSPS) is 27.9. The molecule has 5 nitrogen and oxygen atoms in total. The van der Waals surface area contributed by atoms with Crippen LogP contribution in [0.25, 0.3) is 0 Å². The average molecular weight is 242 g/mol. The highest BCUT2D eigenvalue weighted by molar-refractivity contribution is 5.90. The van der Waals surface area contributed by atoms with Crippen molar-refractivity contribution in [3.63, 3.8) is 0 Å². The van der Waals surface area contributed by atoms with Crippen LogP contribution in [-0.4, -0.2) is 40.5 Å². The number of aliphatic carboxylic acids is 1. The topological polar surface area (TPSA) is 83.6 Å². The smallest absolute Gasteiger partial charge is 0.329 e. The van der Waals surface area contributed by atoms with Crippen LogP contribution < -0.4 is 5.73 Å². The van der Waals surface area contributed by atoms with Gasteiger partial charge in [0.15, 0.2) is 0 Å². The first kappa shape index (κ1) is 14.0. The highest BCUT2D eigenvalue weighted by atomic mass is 16.4. The van der Waals surface area contributed by atoms with Gasteiger partial charge < -0.3 is 15.7 Å². The number of rotatable bonds is 4. The van der Waals surface area contributed by atoms with Crippen LogP contribution in [0.15, 0.2) is 0 Å². The zero-order chi connectivity index (χ0) is 13.3. The van der Waals surface area contributed by atoms with Gasteiger partial charge in [0.1, 0.15) is 5.54 Å². The molecule has 3 N–H and O–H groups in total. The number of carbonyl (C=O) groups is 2. The first-order valence-corrected chi connectivity index (χ1v) is 6.07. The molecule has 0 aromatic rings. The van der Waals surface area contributed by atoms with Crippen LogP contribution in [0.2, 0.25) is 0 Å². The minimum absolute atomic E-state index is 0.134. The van der Waals surface area contributed by atoms with Gasteiger partial charge in [-0.3, -0.25) is 4.79 Å². The van der Waals surface area contributed by atoms with E-state index in [2.05, 4.69) is 0 Å². The molecule has 0 aromatic carbocycles. The molecule has 98 valence electrons. The molecule has 0 bridgehead atoms. The van der Waals surface area contributed by atoms with E-state index in [9.17, 15) is 14.7 Å². The highest BCUT2D eigenvalue weighted by Crippen LogP contribution is 2.34. The molecule has 2 atom stereocenters. The van der Waals surface area contributed by atoms with Gasteiger partial charge in [-0.1, -0.05) is 6.92 Å². The van der Waals surface area contributed by atoms with E-state index in [0.717, 1.165) is 6.42 Å². The lowest BCUT2D eigenvalue weighted by Crippen LogP contribution is -2.56. The summed E-state index contributed by atoms with van der Waals surface area (Å²) in [6.07, 6.45) is 1.87. The summed E-state index contributed by atoms with van der Waals surface area (Å²) in [4.78, 5) is 25.2. The number of hydrogen-bond acceptors (Lipinski definition) is 3. The predicted molar refractivity (Wildman–Crippen MR) is 64.4 cm³/mol. The molecule has 0 aliphatic carbocycles. The Kier molecular flexibility index (Phi) is 3.81. The Morgan fingerprint density at radius 2 is 2.12 bits per heavy atom. The van der Waals surface area contributed by atoms with Crippen molar-refractivity contribution in [2.45, 2.75) is 45.6 Å². The molecule has 0 aromatic heterocycles. The standard InChI is InChI=1S/C12H22N2O3/c1-4-11(2,8-13)9(15)14-7-5-6-12(14,3)10(16)17/h4-8,13H2,1-3H3,(H,16,17). The van der Waals surface area contributed by atoms with E-state index in [1.807, 2.05) is 6.92 Å². The van der Waals surface area contributed by atoms with Crippen molar-refractivity contribution in [1.82, 2.24) is 4.90 Å². The fourth-order valence-corrected chi connectivity index (χ4v) is 2.22. The molecule has 1 aliphatic heterocycles. The van der Waals surface area contributed by atoms with E-state index in [0.29, 0.717) is 19.4 Å². The Morgan fingerprint density at radius 1 is 1.53 bits per heavy atom. The van der Waals surface area contributed by atoms with Gasteiger partial charge in [0.2, 0.25) is 5.91 Å². The van der Waals surface area contributed by atoms with Gasteiger partial charge in [-0.2, -0.15) is 0 Å². The van der Waals surface area contributed by atoms with E-state index in [1.165, 1.54) is 4.90 Å². The minimum Gasteiger partial charge on any atom is -0.480 e. The van der Waals surface area contributed by atoms with Crippen LogP contribution >= 0.6 is 0 Å². The molecule has 1 aliphatic rings. The van der Waals surface area contributed by atoms with Gasteiger partial charge in [0, 0.05) is 13.1 Å². The lowest BCUT2D eigenvalue weighted by Gasteiger charge is -2.37. The van der Waals surface area contributed by atoms with Gasteiger partial charge in [-0.15, -0.1) is 0 Å². The SMILES string of the molecule is CCC(C)(CN)C(=O)N1CCCC1(C)C(=O)O. The van der Waals surface area contributed by atoms with Crippen molar-refractivity contribution in [2.24, 2.45) is 11.1 Å². The van der Waals surface area contributed by atoms with E-state index >= 15 is 0 Å². The second-order valence-electron chi connectivity index (χ2n) is 5.26. The van der Waals surface area contributed by atoms with Crippen molar-refractivity contribution in [2.75, 3.05) is 13.1 Å².